The number of aromatic nitrogens is 2. The van der Waals surface area contributed by atoms with E-state index in [2.05, 4.69) is 15.1 Å². The summed E-state index contributed by atoms with van der Waals surface area (Å²) in [5, 5.41) is 7.14. The van der Waals surface area contributed by atoms with E-state index in [4.69, 9.17) is 0 Å². The Morgan fingerprint density at radius 1 is 1.06 bits per heavy atom. The van der Waals surface area contributed by atoms with Gasteiger partial charge in [0.25, 0.3) is 5.91 Å². The van der Waals surface area contributed by atoms with Crippen molar-refractivity contribution in [1.82, 2.24) is 14.5 Å². The topological polar surface area (TPSA) is 93.1 Å². The summed E-state index contributed by atoms with van der Waals surface area (Å²) in [6.45, 7) is 8.70. The molecule has 0 saturated carbocycles. The lowest BCUT2D eigenvalue weighted by Crippen LogP contribution is -2.40. The molecule has 0 aliphatic rings. The lowest BCUT2D eigenvalue weighted by atomic mass is 10.1. The molecule has 0 spiro atoms. The second-order valence-corrected chi connectivity index (χ2v) is 9.95. The second kappa shape index (κ2) is 8.24. The van der Waals surface area contributed by atoms with Gasteiger partial charge in [-0.25, -0.2) is 22.2 Å². The zero-order chi connectivity index (χ0) is 23.0. The molecule has 0 bridgehead atoms. The summed E-state index contributed by atoms with van der Waals surface area (Å²) in [6.07, 6.45) is 0. The van der Waals surface area contributed by atoms with Crippen LogP contribution in [0.5, 0.6) is 0 Å². The van der Waals surface area contributed by atoms with E-state index in [0.717, 1.165) is 0 Å². The first kappa shape index (κ1) is 22.6. The van der Waals surface area contributed by atoms with E-state index in [1.807, 2.05) is 0 Å². The molecule has 2 N–H and O–H groups in total. The van der Waals surface area contributed by atoms with Gasteiger partial charge in [0, 0.05) is 11.2 Å². The average molecular weight is 445 g/mol. The fraction of sp³-hybridized carbons (Fsp3) is 0.273. The zero-order valence-electron chi connectivity index (χ0n) is 18.0. The predicted octanol–water partition coefficient (Wildman–Crippen LogP) is 3.96. The molecule has 9 heteroatoms. The van der Waals surface area contributed by atoms with Crippen molar-refractivity contribution in [3.63, 3.8) is 0 Å². The van der Waals surface area contributed by atoms with Crippen molar-refractivity contribution < 1.29 is 17.6 Å². The van der Waals surface area contributed by atoms with Gasteiger partial charge in [-0.1, -0.05) is 6.07 Å². The fourth-order valence-corrected chi connectivity index (χ4v) is 4.67. The van der Waals surface area contributed by atoms with Crippen LogP contribution in [0.25, 0.3) is 5.69 Å². The molecule has 164 valence electrons. The van der Waals surface area contributed by atoms with E-state index in [9.17, 15) is 17.6 Å². The van der Waals surface area contributed by atoms with E-state index in [-0.39, 0.29) is 10.7 Å². The van der Waals surface area contributed by atoms with E-state index >= 15 is 0 Å². The standard InChI is InChI=1S/C22H25FN4O3S/c1-14-20(15(2)27(25-14)18-11-9-16(23)10-12-18)21(28)24-17-7-6-8-19(13-17)31(29,30)26-22(3,4)5/h6-13,26H,1-5H3,(H,24,28). The first-order valence-corrected chi connectivity index (χ1v) is 11.1. The number of anilines is 1. The van der Waals surface area contributed by atoms with Gasteiger partial charge in [-0.15, -0.1) is 0 Å². The molecule has 0 aliphatic heterocycles. The molecule has 31 heavy (non-hydrogen) atoms. The van der Waals surface area contributed by atoms with E-state index in [0.29, 0.717) is 28.3 Å². The Labute approximate surface area is 181 Å². The average Bonchev–Trinajstić information content (AvgIpc) is 2.95. The molecule has 7 nitrogen and oxygen atoms in total. The predicted molar refractivity (Wildman–Crippen MR) is 117 cm³/mol. The lowest BCUT2D eigenvalue weighted by molar-refractivity contribution is 0.102. The molecule has 0 radical (unpaired) electrons. The molecule has 0 fully saturated rings. The number of carbonyl (C=O) groups is 1. The van der Waals surface area contributed by atoms with Crippen LogP contribution in [0.15, 0.2) is 53.4 Å². The molecule has 3 aromatic rings. The third-order valence-corrected chi connectivity index (χ3v) is 6.19. The summed E-state index contributed by atoms with van der Waals surface area (Å²) in [4.78, 5) is 13.0. The molecule has 0 unspecified atom stereocenters. The number of sulfonamides is 1. The van der Waals surface area contributed by atoms with Crippen molar-refractivity contribution in [2.75, 3.05) is 5.32 Å². The minimum Gasteiger partial charge on any atom is -0.322 e. The third kappa shape index (κ3) is 5.18. The van der Waals surface area contributed by atoms with Gasteiger partial charge in [-0.3, -0.25) is 4.79 Å². The van der Waals surface area contributed by atoms with Gasteiger partial charge in [0.1, 0.15) is 5.82 Å². The Bertz CT molecular complexity index is 1230. The number of benzene rings is 2. The molecule has 0 atom stereocenters. The molecular formula is C22H25FN4O3S. The summed E-state index contributed by atoms with van der Waals surface area (Å²) >= 11 is 0. The summed E-state index contributed by atoms with van der Waals surface area (Å²) in [6, 6.07) is 11.8. The Kier molecular flexibility index (Phi) is 6.02. The van der Waals surface area contributed by atoms with Crippen LogP contribution in [0.3, 0.4) is 0 Å². The minimum absolute atomic E-state index is 0.0516. The number of carbonyl (C=O) groups excluding carboxylic acids is 1. The molecule has 1 aromatic heterocycles. The van der Waals surface area contributed by atoms with Crippen LogP contribution >= 0.6 is 0 Å². The largest absolute Gasteiger partial charge is 0.322 e. The van der Waals surface area contributed by atoms with E-state index < -0.39 is 21.5 Å². The minimum atomic E-state index is -3.74. The molecule has 0 saturated heterocycles. The SMILES string of the molecule is Cc1nn(-c2ccc(F)cc2)c(C)c1C(=O)Nc1cccc(S(=O)(=O)NC(C)(C)C)c1. The Balaban J connectivity index is 1.88. The third-order valence-electron chi connectivity index (χ3n) is 4.43. The van der Waals surface area contributed by atoms with Crippen molar-refractivity contribution in [3.05, 3.63) is 71.3 Å². The molecule has 1 heterocycles. The van der Waals surface area contributed by atoms with Gasteiger partial charge in [-0.05, 0) is 77.1 Å². The number of nitrogens with zero attached hydrogens (tertiary/aromatic N) is 2. The summed E-state index contributed by atoms with van der Waals surface area (Å²) in [7, 11) is -3.74. The number of rotatable bonds is 5. The smallest absolute Gasteiger partial charge is 0.259 e. The summed E-state index contributed by atoms with van der Waals surface area (Å²) < 4.78 is 42.5. The van der Waals surface area contributed by atoms with Gasteiger partial charge in [0.15, 0.2) is 0 Å². The van der Waals surface area contributed by atoms with Gasteiger partial charge in [0.05, 0.1) is 27.5 Å². The lowest BCUT2D eigenvalue weighted by Gasteiger charge is -2.20. The Morgan fingerprint density at radius 3 is 2.32 bits per heavy atom. The summed E-state index contributed by atoms with van der Waals surface area (Å²) in [5.74, 6) is -0.777. The number of hydrogen-bond donors (Lipinski definition) is 2. The van der Waals surface area contributed by atoms with Crippen molar-refractivity contribution >= 4 is 21.6 Å². The van der Waals surface area contributed by atoms with Crippen LogP contribution in [-0.4, -0.2) is 29.6 Å². The Hall–Kier alpha value is -3.04. The van der Waals surface area contributed by atoms with Crippen molar-refractivity contribution in [2.45, 2.75) is 45.1 Å². The van der Waals surface area contributed by atoms with Gasteiger partial charge in [0.2, 0.25) is 10.0 Å². The molecule has 1 amide bonds. The number of halogens is 1. The first-order valence-electron chi connectivity index (χ1n) is 9.65. The molecular weight excluding hydrogens is 419 g/mol. The highest BCUT2D eigenvalue weighted by Gasteiger charge is 2.23. The highest BCUT2D eigenvalue weighted by atomic mass is 32.2. The maximum absolute atomic E-state index is 13.2. The van der Waals surface area contributed by atoms with Crippen LogP contribution in [-0.2, 0) is 10.0 Å². The highest BCUT2D eigenvalue weighted by molar-refractivity contribution is 7.89. The van der Waals surface area contributed by atoms with Crippen molar-refractivity contribution in [3.8, 4) is 5.69 Å². The normalized spacial score (nSPS) is 12.1. The zero-order valence-corrected chi connectivity index (χ0v) is 18.8. The maximum Gasteiger partial charge on any atom is 0.259 e. The molecule has 2 aromatic carbocycles. The monoisotopic (exact) mass is 444 g/mol. The number of nitrogens with one attached hydrogen (secondary N) is 2. The van der Waals surface area contributed by atoms with Gasteiger partial charge in [-0.2, -0.15) is 5.10 Å². The van der Waals surface area contributed by atoms with Crippen LogP contribution in [0.2, 0.25) is 0 Å². The van der Waals surface area contributed by atoms with Crippen LogP contribution in [0.1, 0.15) is 42.5 Å². The van der Waals surface area contributed by atoms with Crippen LogP contribution in [0, 0.1) is 19.7 Å². The summed E-state index contributed by atoms with van der Waals surface area (Å²) in [5.41, 5.74) is 1.78. The van der Waals surface area contributed by atoms with E-state index in [1.165, 1.54) is 24.3 Å². The fourth-order valence-electron chi connectivity index (χ4n) is 3.20. The first-order chi connectivity index (χ1) is 14.4. The maximum atomic E-state index is 13.2. The number of hydrogen-bond acceptors (Lipinski definition) is 4. The van der Waals surface area contributed by atoms with Crippen LogP contribution in [0.4, 0.5) is 10.1 Å². The van der Waals surface area contributed by atoms with Crippen molar-refractivity contribution in [1.29, 1.82) is 0 Å². The van der Waals surface area contributed by atoms with Crippen molar-refractivity contribution in [2.24, 2.45) is 0 Å². The van der Waals surface area contributed by atoms with E-state index in [1.54, 1.807) is 63.6 Å². The molecule has 3 rings (SSSR count). The molecule has 0 aliphatic carbocycles. The number of amides is 1. The van der Waals surface area contributed by atoms with Gasteiger partial charge < -0.3 is 5.32 Å². The Morgan fingerprint density at radius 2 is 1.71 bits per heavy atom. The number of aryl methyl sites for hydroxylation is 1. The highest BCUT2D eigenvalue weighted by Crippen LogP contribution is 2.22. The quantitative estimate of drug-likeness (QED) is 0.623. The van der Waals surface area contributed by atoms with Crippen LogP contribution < -0.4 is 10.0 Å². The second-order valence-electron chi connectivity index (χ2n) is 8.27. The van der Waals surface area contributed by atoms with Gasteiger partial charge >= 0.3 is 0 Å².